The van der Waals surface area contributed by atoms with Crippen LogP contribution in [0.25, 0.3) is 0 Å². The molecule has 88 valence electrons. The van der Waals surface area contributed by atoms with E-state index in [2.05, 4.69) is 4.90 Å². The van der Waals surface area contributed by atoms with E-state index in [1.165, 1.54) is 0 Å². The van der Waals surface area contributed by atoms with E-state index in [9.17, 15) is 4.79 Å². The Labute approximate surface area is 90.7 Å². The van der Waals surface area contributed by atoms with Crippen molar-refractivity contribution in [2.24, 2.45) is 11.5 Å². The van der Waals surface area contributed by atoms with Gasteiger partial charge in [-0.1, -0.05) is 0 Å². The predicted octanol–water partition coefficient (Wildman–Crippen LogP) is -0.700. The van der Waals surface area contributed by atoms with E-state index in [1.54, 1.807) is 7.11 Å². The Hall–Kier alpha value is -0.650. The fourth-order valence-corrected chi connectivity index (χ4v) is 2.08. The average molecular weight is 215 g/mol. The van der Waals surface area contributed by atoms with Gasteiger partial charge >= 0.3 is 0 Å². The minimum atomic E-state index is -0.287. The van der Waals surface area contributed by atoms with Gasteiger partial charge in [0.25, 0.3) is 0 Å². The molecule has 1 aliphatic rings. The molecular weight excluding hydrogens is 194 g/mol. The Bertz CT molecular complexity index is 211. The van der Waals surface area contributed by atoms with Crippen LogP contribution in [0.2, 0.25) is 0 Å². The van der Waals surface area contributed by atoms with Crippen molar-refractivity contribution in [1.82, 2.24) is 4.90 Å². The van der Waals surface area contributed by atoms with Crippen LogP contribution in [0.4, 0.5) is 0 Å². The van der Waals surface area contributed by atoms with Crippen molar-refractivity contribution < 1.29 is 9.53 Å². The quantitative estimate of drug-likeness (QED) is 0.635. The minimum absolute atomic E-state index is 0.0699. The van der Waals surface area contributed by atoms with Crippen LogP contribution in [0.15, 0.2) is 0 Å². The van der Waals surface area contributed by atoms with Crippen molar-refractivity contribution in [3.63, 3.8) is 0 Å². The van der Waals surface area contributed by atoms with Gasteiger partial charge < -0.3 is 16.2 Å². The summed E-state index contributed by atoms with van der Waals surface area (Å²) in [5, 5.41) is 0. The lowest BCUT2D eigenvalue weighted by atomic mass is 10.0. The maximum Gasteiger partial charge on any atom is 0.219 e. The molecule has 15 heavy (non-hydrogen) atoms. The molecule has 5 nitrogen and oxygen atoms in total. The van der Waals surface area contributed by atoms with Gasteiger partial charge in [0.15, 0.2) is 0 Å². The van der Waals surface area contributed by atoms with E-state index in [0.717, 1.165) is 25.9 Å². The fourth-order valence-electron chi connectivity index (χ4n) is 2.08. The van der Waals surface area contributed by atoms with Crippen molar-refractivity contribution in [2.45, 2.75) is 31.4 Å². The van der Waals surface area contributed by atoms with E-state index in [1.807, 2.05) is 0 Å². The number of piperidine rings is 1. The first-order valence-corrected chi connectivity index (χ1v) is 5.42. The summed E-state index contributed by atoms with van der Waals surface area (Å²) >= 11 is 0. The zero-order valence-corrected chi connectivity index (χ0v) is 9.32. The van der Waals surface area contributed by atoms with E-state index in [4.69, 9.17) is 16.2 Å². The maximum atomic E-state index is 10.9. The third kappa shape index (κ3) is 3.77. The van der Waals surface area contributed by atoms with E-state index in [0.29, 0.717) is 13.0 Å². The molecule has 2 atom stereocenters. The molecule has 1 rings (SSSR count). The number of hydrogen-bond donors (Lipinski definition) is 2. The SMILES string of the molecule is COC1CCCN(C(CN)CC(N)=O)C1. The zero-order valence-electron chi connectivity index (χ0n) is 9.32. The molecule has 1 fully saturated rings. The standard InChI is InChI=1S/C10H21N3O2/c1-15-9-3-2-4-13(7-9)8(6-11)5-10(12)14/h8-9H,2-7,11H2,1H3,(H2,12,14). The molecule has 1 saturated heterocycles. The Morgan fingerprint density at radius 2 is 2.40 bits per heavy atom. The van der Waals surface area contributed by atoms with Crippen molar-refractivity contribution in [3.8, 4) is 0 Å². The summed E-state index contributed by atoms with van der Waals surface area (Å²) in [5.41, 5.74) is 10.8. The summed E-state index contributed by atoms with van der Waals surface area (Å²) < 4.78 is 5.32. The van der Waals surface area contributed by atoms with Crippen LogP contribution < -0.4 is 11.5 Å². The number of rotatable bonds is 5. The largest absolute Gasteiger partial charge is 0.380 e. The monoisotopic (exact) mass is 215 g/mol. The van der Waals surface area contributed by atoms with Crippen LogP contribution >= 0.6 is 0 Å². The second kappa shape index (κ2) is 6.05. The van der Waals surface area contributed by atoms with E-state index in [-0.39, 0.29) is 18.1 Å². The van der Waals surface area contributed by atoms with Gasteiger partial charge in [-0.3, -0.25) is 9.69 Å². The second-order valence-electron chi connectivity index (χ2n) is 4.05. The summed E-state index contributed by atoms with van der Waals surface area (Å²) in [5.74, 6) is -0.287. The van der Waals surface area contributed by atoms with Gasteiger partial charge in [-0.05, 0) is 19.4 Å². The van der Waals surface area contributed by atoms with E-state index < -0.39 is 0 Å². The lowest BCUT2D eigenvalue weighted by Crippen LogP contribution is -2.49. The third-order valence-electron chi connectivity index (χ3n) is 2.97. The van der Waals surface area contributed by atoms with Gasteiger partial charge in [0.2, 0.25) is 5.91 Å². The highest BCUT2D eigenvalue weighted by molar-refractivity contribution is 5.74. The molecule has 5 heteroatoms. The predicted molar refractivity (Wildman–Crippen MR) is 58.3 cm³/mol. The highest BCUT2D eigenvalue weighted by Crippen LogP contribution is 2.16. The first-order chi connectivity index (χ1) is 7.17. The molecule has 0 radical (unpaired) electrons. The molecule has 0 saturated carbocycles. The number of carbonyl (C=O) groups excluding carboxylic acids is 1. The maximum absolute atomic E-state index is 10.9. The molecule has 0 aliphatic carbocycles. The van der Waals surface area contributed by atoms with E-state index >= 15 is 0 Å². The number of primary amides is 1. The summed E-state index contributed by atoms with van der Waals surface area (Å²) in [4.78, 5) is 13.1. The second-order valence-corrected chi connectivity index (χ2v) is 4.05. The highest BCUT2D eigenvalue weighted by atomic mass is 16.5. The van der Waals surface area contributed by atoms with Crippen molar-refractivity contribution in [3.05, 3.63) is 0 Å². The molecule has 1 amide bonds. The van der Waals surface area contributed by atoms with Crippen LogP contribution in [-0.4, -0.2) is 49.7 Å². The summed E-state index contributed by atoms with van der Waals surface area (Å²) in [6.07, 6.45) is 2.78. The van der Waals surface area contributed by atoms with Gasteiger partial charge in [-0.25, -0.2) is 0 Å². The molecule has 0 aromatic rings. The smallest absolute Gasteiger partial charge is 0.219 e. The fraction of sp³-hybridized carbons (Fsp3) is 0.900. The number of methoxy groups -OCH3 is 1. The zero-order chi connectivity index (χ0) is 11.3. The van der Waals surface area contributed by atoms with Crippen molar-refractivity contribution >= 4 is 5.91 Å². The minimum Gasteiger partial charge on any atom is -0.380 e. The number of hydrogen-bond acceptors (Lipinski definition) is 4. The number of likely N-dealkylation sites (tertiary alicyclic amines) is 1. The molecule has 0 spiro atoms. The molecule has 0 bridgehead atoms. The van der Waals surface area contributed by atoms with Crippen molar-refractivity contribution in [1.29, 1.82) is 0 Å². The molecule has 2 unspecified atom stereocenters. The number of ether oxygens (including phenoxy) is 1. The summed E-state index contributed by atoms with van der Waals surface area (Å²) in [7, 11) is 1.72. The molecule has 4 N–H and O–H groups in total. The number of amides is 1. The van der Waals surface area contributed by atoms with Crippen LogP contribution in [-0.2, 0) is 9.53 Å². The van der Waals surface area contributed by atoms with Gasteiger partial charge in [0.05, 0.1) is 6.10 Å². The lowest BCUT2D eigenvalue weighted by molar-refractivity contribution is -0.119. The highest BCUT2D eigenvalue weighted by Gasteiger charge is 2.25. The van der Waals surface area contributed by atoms with Gasteiger partial charge in [0.1, 0.15) is 0 Å². The first kappa shape index (κ1) is 12.4. The van der Waals surface area contributed by atoms with Crippen LogP contribution in [0.1, 0.15) is 19.3 Å². The number of carbonyl (C=O) groups is 1. The molecule has 0 aromatic carbocycles. The first-order valence-electron chi connectivity index (χ1n) is 5.42. The summed E-state index contributed by atoms with van der Waals surface area (Å²) in [6.45, 7) is 2.31. The van der Waals surface area contributed by atoms with Crippen LogP contribution in [0.3, 0.4) is 0 Å². The Morgan fingerprint density at radius 3 is 2.93 bits per heavy atom. The Kier molecular flexibility index (Phi) is 5.01. The number of nitrogens with two attached hydrogens (primary N) is 2. The molecule has 1 aliphatic heterocycles. The van der Waals surface area contributed by atoms with Gasteiger partial charge in [-0.15, -0.1) is 0 Å². The van der Waals surface area contributed by atoms with Crippen LogP contribution in [0.5, 0.6) is 0 Å². The lowest BCUT2D eigenvalue weighted by Gasteiger charge is -2.36. The third-order valence-corrected chi connectivity index (χ3v) is 2.97. The number of nitrogens with zero attached hydrogens (tertiary/aromatic N) is 1. The molecular formula is C10H21N3O2. The van der Waals surface area contributed by atoms with Gasteiger partial charge in [-0.2, -0.15) is 0 Å². The Balaban J connectivity index is 2.47. The molecule has 0 aromatic heterocycles. The summed E-state index contributed by atoms with van der Waals surface area (Å²) in [6, 6.07) is 0.0699. The Morgan fingerprint density at radius 1 is 1.67 bits per heavy atom. The topological polar surface area (TPSA) is 81.6 Å². The molecule has 1 heterocycles. The van der Waals surface area contributed by atoms with Crippen LogP contribution in [0, 0.1) is 0 Å². The average Bonchev–Trinajstić information content (AvgIpc) is 2.25. The normalized spacial score (nSPS) is 25.1. The van der Waals surface area contributed by atoms with Gasteiger partial charge in [0, 0.05) is 32.7 Å². The van der Waals surface area contributed by atoms with Crippen molar-refractivity contribution in [2.75, 3.05) is 26.7 Å².